The van der Waals surface area contributed by atoms with Gasteiger partial charge in [0.25, 0.3) is 6.43 Å². The zero-order chi connectivity index (χ0) is 25.8. The third-order valence-electron chi connectivity index (χ3n) is 6.72. The lowest BCUT2D eigenvalue weighted by Gasteiger charge is -2.31. The molecule has 5 rings (SSSR count). The summed E-state index contributed by atoms with van der Waals surface area (Å²) in [7, 11) is 0. The van der Waals surface area contributed by atoms with Crippen LogP contribution in [0.3, 0.4) is 0 Å². The molecule has 1 aliphatic rings. The molecule has 1 unspecified atom stereocenters. The van der Waals surface area contributed by atoms with Gasteiger partial charge in [-0.1, -0.05) is 24.3 Å². The number of carbonyl (C=O) groups is 1. The van der Waals surface area contributed by atoms with Crippen molar-refractivity contribution in [3.05, 3.63) is 70.9 Å². The SMILES string of the molecule is CC(=O)C(OC(C)(C)C)c1c(C)c(C(F)F)c2ccccc2c1-c1ccc2c3c(ccnc13)CCO2. The molecule has 1 aliphatic heterocycles. The van der Waals surface area contributed by atoms with Gasteiger partial charge in [0.05, 0.1) is 17.7 Å². The lowest BCUT2D eigenvalue weighted by Crippen LogP contribution is -2.27. The summed E-state index contributed by atoms with van der Waals surface area (Å²) in [6.45, 7) is 9.27. The maximum absolute atomic E-state index is 14.5. The first-order valence-electron chi connectivity index (χ1n) is 12.1. The molecule has 0 saturated carbocycles. The summed E-state index contributed by atoms with van der Waals surface area (Å²) >= 11 is 0. The average molecular weight is 490 g/mol. The fourth-order valence-electron chi connectivity index (χ4n) is 5.32. The van der Waals surface area contributed by atoms with E-state index in [1.54, 1.807) is 25.3 Å². The van der Waals surface area contributed by atoms with Crippen LogP contribution in [0.15, 0.2) is 48.7 Å². The van der Waals surface area contributed by atoms with E-state index in [4.69, 9.17) is 14.5 Å². The van der Waals surface area contributed by atoms with Crippen LogP contribution in [0.5, 0.6) is 5.75 Å². The molecule has 0 radical (unpaired) electrons. The van der Waals surface area contributed by atoms with Gasteiger partial charge in [0.1, 0.15) is 11.9 Å². The summed E-state index contributed by atoms with van der Waals surface area (Å²) in [5, 5.41) is 2.01. The standard InChI is InChI=1S/C30H29F2NO3/c1-16-23(29(31)32)19-8-6-7-9-20(19)26(24(16)28(17(2)34)36-30(3,4)5)21-10-11-22-25-18(13-15-35-22)12-14-33-27(21)25/h6-12,14,28-29H,13,15H2,1-5H3. The minimum atomic E-state index is -2.72. The molecule has 0 N–H and O–H groups in total. The second-order valence-corrected chi connectivity index (χ2v) is 10.3. The van der Waals surface area contributed by atoms with E-state index in [1.807, 2.05) is 51.1 Å². The number of fused-ring (bicyclic) bond motifs is 1. The van der Waals surface area contributed by atoms with Gasteiger partial charge in [-0.15, -0.1) is 0 Å². The first kappa shape index (κ1) is 24.3. The third-order valence-corrected chi connectivity index (χ3v) is 6.72. The number of Topliss-reactive ketones (excluding diaryl/α,β-unsaturated/α-hetero) is 1. The molecule has 6 heteroatoms. The molecule has 0 amide bonds. The van der Waals surface area contributed by atoms with Crippen molar-refractivity contribution in [1.82, 2.24) is 4.98 Å². The number of pyridine rings is 1. The van der Waals surface area contributed by atoms with Gasteiger partial charge in [-0.2, -0.15) is 0 Å². The van der Waals surface area contributed by atoms with Crippen LogP contribution in [0.1, 0.15) is 62.5 Å². The van der Waals surface area contributed by atoms with E-state index < -0.39 is 18.1 Å². The van der Waals surface area contributed by atoms with Crippen LogP contribution in [-0.2, 0) is 16.0 Å². The van der Waals surface area contributed by atoms with Gasteiger partial charge >= 0.3 is 0 Å². The Hall–Kier alpha value is -3.38. The molecule has 3 aromatic carbocycles. The van der Waals surface area contributed by atoms with Crippen molar-refractivity contribution in [2.24, 2.45) is 0 Å². The number of hydrogen-bond donors (Lipinski definition) is 0. The molecule has 36 heavy (non-hydrogen) atoms. The van der Waals surface area contributed by atoms with E-state index in [-0.39, 0.29) is 11.3 Å². The second kappa shape index (κ2) is 8.93. The molecule has 1 atom stereocenters. The van der Waals surface area contributed by atoms with Crippen LogP contribution >= 0.6 is 0 Å². The maximum atomic E-state index is 14.5. The summed E-state index contributed by atoms with van der Waals surface area (Å²) in [4.78, 5) is 17.8. The number of alkyl halides is 2. The number of halogens is 2. The molecule has 0 fully saturated rings. The average Bonchev–Trinajstić information content (AvgIpc) is 2.82. The number of ketones is 1. The lowest BCUT2D eigenvalue weighted by atomic mass is 9.82. The Morgan fingerprint density at radius 3 is 2.44 bits per heavy atom. The van der Waals surface area contributed by atoms with Crippen LogP contribution in [0.4, 0.5) is 8.78 Å². The first-order valence-corrected chi connectivity index (χ1v) is 12.1. The number of carbonyl (C=O) groups excluding carboxylic acids is 1. The minimum Gasteiger partial charge on any atom is -0.493 e. The monoisotopic (exact) mass is 489 g/mol. The van der Waals surface area contributed by atoms with Crippen molar-refractivity contribution in [1.29, 1.82) is 0 Å². The molecule has 4 aromatic rings. The van der Waals surface area contributed by atoms with Crippen molar-refractivity contribution in [2.45, 2.75) is 59.2 Å². The second-order valence-electron chi connectivity index (χ2n) is 10.3. The van der Waals surface area contributed by atoms with E-state index in [0.717, 1.165) is 34.2 Å². The molecule has 2 heterocycles. The van der Waals surface area contributed by atoms with Gasteiger partial charge in [0, 0.05) is 34.7 Å². The van der Waals surface area contributed by atoms with Crippen LogP contribution in [0.25, 0.3) is 32.8 Å². The zero-order valence-electron chi connectivity index (χ0n) is 21.1. The summed E-state index contributed by atoms with van der Waals surface area (Å²) in [6, 6.07) is 12.9. The molecule has 186 valence electrons. The number of aromatic nitrogens is 1. The van der Waals surface area contributed by atoms with Crippen molar-refractivity contribution in [2.75, 3.05) is 6.61 Å². The molecular formula is C30H29F2NO3. The maximum Gasteiger partial charge on any atom is 0.264 e. The molecule has 0 spiro atoms. The number of ether oxygens (including phenoxy) is 2. The Morgan fingerprint density at radius 1 is 1.06 bits per heavy atom. The van der Waals surface area contributed by atoms with Crippen LogP contribution in [-0.4, -0.2) is 23.0 Å². The Kier molecular flexibility index (Phi) is 6.03. The van der Waals surface area contributed by atoms with E-state index >= 15 is 0 Å². The van der Waals surface area contributed by atoms with E-state index in [1.165, 1.54) is 6.92 Å². The fourth-order valence-corrected chi connectivity index (χ4v) is 5.32. The largest absolute Gasteiger partial charge is 0.493 e. The van der Waals surface area contributed by atoms with Gasteiger partial charge in [-0.25, -0.2) is 8.78 Å². The Labute approximate surface area is 209 Å². The Morgan fingerprint density at radius 2 is 1.78 bits per heavy atom. The van der Waals surface area contributed by atoms with Gasteiger partial charge in [-0.3, -0.25) is 9.78 Å². The fraction of sp³-hybridized carbons (Fsp3) is 0.333. The topological polar surface area (TPSA) is 48.4 Å². The summed E-state index contributed by atoms with van der Waals surface area (Å²) in [6.07, 6.45) is -1.21. The van der Waals surface area contributed by atoms with E-state index in [2.05, 4.69) is 0 Å². The third kappa shape index (κ3) is 4.03. The summed E-state index contributed by atoms with van der Waals surface area (Å²) in [5.41, 5.74) is 3.38. The number of benzene rings is 3. The highest BCUT2D eigenvalue weighted by Crippen LogP contribution is 2.47. The molecule has 1 aromatic heterocycles. The predicted octanol–water partition coefficient (Wildman–Crippen LogP) is 7.68. The van der Waals surface area contributed by atoms with Gasteiger partial charge in [-0.05, 0) is 80.3 Å². The van der Waals surface area contributed by atoms with Crippen LogP contribution in [0, 0.1) is 6.92 Å². The smallest absolute Gasteiger partial charge is 0.264 e. The molecule has 0 aliphatic carbocycles. The normalized spacial score (nSPS) is 14.3. The van der Waals surface area contributed by atoms with Crippen LogP contribution < -0.4 is 4.74 Å². The Balaban J connectivity index is 1.97. The van der Waals surface area contributed by atoms with Gasteiger partial charge < -0.3 is 9.47 Å². The zero-order valence-corrected chi connectivity index (χ0v) is 21.1. The van der Waals surface area contributed by atoms with E-state index in [0.29, 0.717) is 34.1 Å². The number of nitrogens with zero attached hydrogens (tertiary/aromatic N) is 1. The van der Waals surface area contributed by atoms with Crippen molar-refractivity contribution < 1.29 is 23.0 Å². The number of rotatable bonds is 5. The van der Waals surface area contributed by atoms with Gasteiger partial charge in [0.2, 0.25) is 0 Å². The van der Waals surface area contributed by atoms with Crippen molar-refractivity contribution in [3.63, 3.8) is 0 Å². The Bertz CT molecular complexity index is 1490. The van der Waals surface area contributed by atoms with Crippen molar-refractivity contribution in [3.8, 4) is 16.9 Å². The minimum absolute atomic E-state index is 0.0767. The van der Waals surface area contributed by atoms with Crippen molar-refractivity contribution >= 4 is 27.5 Å². The molecular weight excluding hydrogens is 460 g/mol. The quantitative estimate of drug-likeness (QED) is 0.288. The molecule has 0 saturated heterocycles. The summed E-state index contributed by atoms with van der Waals surface area (Å²) in [5.74, 6) is 0.507. The molecule has 0 bridgehead atoms. The highest BCUT2D eigenvalue weighted by atomic mass is 19.3. The van der Waals surface area contributed by atoms with E-state index in [9.17, 15) is 13.6 Å². The highest BCUT2D eigenvalue weighted by Gasteiger charge is 2.33. The predicted molar refractivity (Wildman–Crippen MR) is 138 cm³/mol. The first-order chi connectivity index (χ1) is 17.1. The lowest BCUT2D eigenvalue weighted by molar-refractivity contribution is -0.138. The highest BCUT2D eigenvalue weighted by molar-refractivity contribution is 6.10. The molecule has 4 nitrogen and oxygen atoms in total. The summed E-state index contributed by atoms with van der Waals surface area (Å²) < 4.78 is 41.2. The number of hydrogen-bond acceptors (Lipinski definition) is 4. The van der Waals surface area contributed by atoms with Gasteiger partial charge in [0.15, 0.2) is 5.78 Å². The van der Waals surface area contributed by atoms with Crippen LogP contribution in [0.2, 0.25) is 0 Å².